The minimum Gasteiger partial charge on any atom is -0.467 e. The van der Waals surface area contributed by atoms with Gasteiger partial charge in [0.05, 0.1) is 13.3 Å². The number of hydrogen-bond donors (Lipinski definition) is 0. The lowest BCUT2D eigenvalue weighted by Gasteiger charge is -2.01. The van der Waals surface area contributed by atoms with Crippen LogP contribution in [0, 0.1) is 6.92 Å². The third kappa shape index (κ3) is 2.25. The summed E-state index contributed by atoms with van der Waals surface area (Å²) in [5.41, 5.74) is 0.252. The van der Waals surface area contributed by atoms with E-state index < -0.39 is 0 Å². The summed E-state index contributed by atoms with van der Waals surface area (Å²) < 4.78 is 6.22. The summed E-state index contributed by atoms with van der Waals surface area (Å²) in [5, 5.41) is 7.46. The number of aromatic nitrogens is 6. The maximum Gasteiger partial charge on any atom is 0.321 e. The fraction of sp³-hybridized carbons (Fsp3) is 0.333. The molecule has 0 aliphatic carbocycles. The first kappa shape index (κ1) is 11.1. The second-order valence-corrected chi connectivity index (χ2v) is 3.27. The van der Waals surface area contributed by atoms with Crippen LogP contribution in [-0.2, 0) is 0 Å². The van der Waals surface area contributed by atoms with E-state index >= 15 is 0 Å². The first-order valence-corrected chi connectivity index (χ1v) is 4.80. The number of aryl methyl sites for hydroxylation is 1. The zero-order valence-electron chi connectivity index (χ0n) is 9.58. The quantitative estimate of drug-likeness (QED) is 0.688. The van der Waals surface area contributed by atoms with Crippen LogP contribution >= 0.6 is 0 Å². The Bertz CT molecular complexity index is 564. The van der Waals surface area contributed by atoms with Gasteiger partial charge in [-0.25, -0.2) is 0 Å². The topological polar surface area (TPSA) is 95.7 Å². The molecule has 0 aliphatic rings. The fourth-order valence-electron chi connectivity index (χ4n) is 1.16. The maximum absolute atomic E-state index is 11.1. The molecule has 2 rings (SSSR count). The standard InChI is InChI=1S/C9H10N6O2/c1-5(16)7-4-15(14-13-7)8-10-6(2)11-9(12-8)17-3/h4H,1-3H3. The molecule has 0 aliphatic heterocycles. The van der Waals surface area contributed by atoms with Crippen LogP contribution in [-0.4, -0.2) is 42.8 Å². The van der Waals surface area contributed by atoms with Crippen molar-refractivity contribution in [2.24, 2.45) is 0 Å². The Hall–Kier alpha value is -2.38. The van der Waals surface area contributed by atoms with Crippen molar-refractivity contribution in [3.8, 4) is 12.0 Å². The summed E-state index contributed by atoms with van der Waals surface area (Å²) in [7, 11) is 1.46. The number of hydrogen-bond acceptors (Lipinski definition) is 7. The summed E-state index contributed by atoms with van der Waals surface area (Å²) in [5.74, 6) is 0.579. The Labute approximate surface area is 96.7 Å². The largest absolute Gasteiger partial charge is 0.467 e. The first-order chi connectivity index (χ1) is 8.10. The minimum atomic E-state index is -0.172. The highest BCUT2D eigenvalue weighted by atomic mass is 16.5. The van der Waals surface area contributed by atoms with Crippen molar-refractivity contribution < 1.29 is 9.53 Å². The van der Waals surface area contributed by atoms with E-state index in [1.54, 1.807) is 6.92 Å². The molecule has 88 valence electrons. The average Bonchev–Trinajstić information content (AvgIpc) is 2.77. The third-order valence-electron chi connectivity index (χ3n) is 1.96. The summed E-state index contributed by atoms with van der Waals surface area (Å²) in [6, 6.07) is 0.187. The molecule has 0 saturated carbocycles. The smallest absolute Gasteiger partial charge is 0.321 e. The Kier molecular flexibility index (Phi) is 2.77. The van der Waals surface area contributed by atoms with Gasteiger partial charge in [0.2, 0.25) is 0 Å². The molecule has 0 N–H and O–H groups in total. The van der Waals surface area contributed by atoms with E-state index in [1.165, 1.54) is 24.9 Å². The normalized spacial score (nSPS) is 10.3. The van der Waals surface area contributed by atoms with Gasteiger partial charge in [0, 0.05) is 6.92 Å². The molecule has 0 spiro atoms. The number of carbonyl (C=O) groups excluding carboxylic acids is 1. The SMILES string of the molecule is COc1nc(C)nc(-n2cc(C(C)=O)nn2)n1. The number of carbonyl (C=O) groups is 1. The number of methoxy groups -OCH3 is 1. The highest BCUT2D eigenvalue weighted by Gasteiger charge is 2.10. The highest BCUT2D eigenvalue weighted by molar-refractivity contribution is 5.91. The van der Waals surface area contributed by atoms with Gasteiger partial charge in [-0.3, -0.25) is 4.79 Å². The van der Waals surface area contributed by atoms with Crippen molar-refractivity contribution in [1.29, 1.82) is 0 Å². The number of ether oxygens (including phenoxy) is 1. The van der Waals surface area contributed by atoms with Gasteiger partial charge in [0.1, 0.15) is 11.5 Å². The number of ketones is 1. The maximum atomic E-state index is 11.1. The molecule has 17 heavy (non-hydrogen) atoms. The Balaban J connectivity index is 2.44. The molecule has 0 unspecified atom stereocenters. The minimum absolute atomic E-state index is 0.172. The van der Waals surface area contributed by atoms with Crippen LogP contribution < -0.4 is 4.74 Å². The van der Waals surface area contributed by atoms with E-state index in [0.29, 0.717) is 5.82 Å². The van der Waals surface area contributed by atoms with Gasteiger partial charge >= 0.3 is 6.01 Å². The lowest BCUT2D eigenvalue weighted by atomic mass is 10.3. The highest BCUT2D eigenvalue weighted by Crippen LogP contribution is 2.06. The Morgan fingerprint density at radius 1 is 1.35 bits per heavy atom. The fourth-order valence-corrected chi connectivity index (χ4v) is 1.16. The molecular formula is C9H10N6O2. The lowest BCUT2D eigenvalue weighted by Crippen LogP contribution is -2.06. The van der Waals surface area contributed by atoms with Crippen molar-refractivity contribution in [2.45, 2.75) is 13.8 Å². The molecule has 2 heterocycles. The molecule has 0 saturated heterocycles. The second-order valence-electron chi connectivity index (χ2n) is 3.27. The summed E-state index contributed by atoms with van der Waals surface area (Å²) in [6.07, 6.45) is 1.45. The van der Waals surface area contributed by atoms with Crippen LogP contribution in [0.5, 0.6) is 6.01 Å². The van der Waals surface area contributed by atoms with Crippen LogP contribution in [0.1, 0.15) is 23.2 Å². The summed E-state index contributed by atoms with van der Waals surface area (Å²) in [4.78, 5) is 23.1. The van der Waals surface area contributed by atoms with Gasteiger partial charge in [-0.15, -0.1) is 5.10 Å². The molecule has 2 aromatic heterocycles. The van der Waals surface area contributed by atoms with Gasteiger partial charge in [0.15, 0.2) is 5.78 Å². The van der Waals surface area contributed by atoms with Crippen molar-refractivity contribution in [3.63, 3.8) is 0 Å². The Morgan fingerprint density at radius 2 is 2.12 bits per heavy atom. The van der Waals surface area contributed by atoms with Gasteiger partial charge in [0.25, 0.3) is 5.95 Å². The average molecular weight is 234 g/mol. The Morgan fingerprint density at radius 3 is 2.71 bits per heavy atom. The van der Waals surface area contributed by atoms with E-state index in [4.69, 9.17) is 4.74 Å². The number of rotatable bonds is 3. The zero-order chi connectivity index (χ0) is 12.4. The zero-order valence-corrected chi connectivity index (χ0v) is 9.58. The molecule has 8 nitrogen and oxygen atoms in total. The molecule has 8 heteroatoms. The van der Waals surface area contributed by atoms with Gasteiger partial charge < -0.3 is 4.74 Å². The predicted molar refractivity (Wildman–Crippen MR) is 56.0 cm³/mol. The van der Waals surface area contributed by atoms with E-state index in [1.807, 2.05) is 0 Å². The number of nitrogens with zero attached hydrogens (tertiary/aromatic N) is 6. The predicted octanol–water partition coefficient (Wildman–Crippen LogP) is -0.0281. The number of Topliss-reactive ketones (excluding diaryl/α,β-unsaturated/α-hetero) is 1. The molecule has 0 aromatic carbocycles. The first-order valence-electron chi connectivity index (χ1n) is 4.80. The summed E-state index contributed by atoms with van der Waals surface area (Å²) >= 11 is 0. The van der Waals surface area contributed by atoms with E-state index in [2.05, 4.69) is 25.3 Å². The van der Waals surface area contributed by atoms with Crippen LogP contribution in [0.2, 0.25) is 0 Å². The third-order valence-corrected chi connectivity index (χ3v) is 1.96. The molecular weight excluding hydrogens is 224 g/mol. The summed E-state index contributed by atoms with van der Waals surface area (Å²) in [6.45, 7) is 3.12. The van der Waals surface area contributed by atoms with Crippen molar-refractivity contribution >= 4 is 5.78 Å². The van der Waals surface area contributed by atoms with Crippen LogP contribution in [0.15, 0.2) is 6.20 Å². The van der Waals surface area contributed by atoms with Crippen LogP contribution in [0.3, 0.4) is 0 Å². The second kappa shape index (κ2) is 4.24. The van der Waals surface area contributed by atoms with Crippen molar-refractivity contribution in [3.05, 3.63) is 17.7 Å². The lowest BCUT2D eigenvalue weighted by molar-refractivity contribution is 0.101. The molecule has 0 amide bonds. The van der Waals surface area contributed by atoms with Gasteiger partial charge in [-0.2, -0.15) is 19.6 Å². The van der Waals surface area contributed by atoms with Crippen molar-refractivity contribution in [2.75, 3.05) is 7.11 Å². The molecule has 0 fully saturated rings. The molecule has 0 atom stereocenters. The molecule has 0 radical (unpaired) electrons. The van der Waals surface area contributed by atoms with Gasteiger partial charge in [-0.05, 0) is 6.92 Å². The monoisotopic (exact) mass is 234 g/mol. The molecule has 2 aromatic rings. The van der Waals surface area contributed by atoms with E-state index in [-0.39, 0.29) is 23.4 Å². The van der Waals surface area contributed by atoms with Gasteiger partial charge in [-0.1, -0.05) is 5.21 Å². The van der Waals surface area contributed by atoms with Crippen molar-refractivity contribution in [1.82, 2.24) is 29.9 Å². The van der Waals surface area contributed by atoms with E-state index in [0.717, 1.165) is 0 Å². The van der Waals surface area contributed by atoms with Crippen LogP contribution in [0.4, 0.5) is 0 Å². The van der Waals surface area contributed by atoms with E-state index in [9.17, 15) is 4.79 Å². The molecule has 0 bridgehead atoms. The van der Waals surface area contributed by atoms with Crippen LogP contribution in [0.25, 0.3) is 5.95 Å².